The Labute approximate surface area is 117 Å². The van der Waals surface area contributed by atoms with Crippen LogP contribution in [0.1, 0.15) is 20.3 Å². The summed E-state index contributed by atoms with van der Waals surface area (Å²) >= 11 is 0. The molecule has 0 spiro atoms. The fourth-order valence-corrected chi connectivity index (χ4v) is 1.84. The Kier molecular flexibility index (Phi) is 4.41. The molecule has 0 aromatic carbocycles. The van der Waals surface area contributed by atoms with Gasteiger partial charge in [-0.05, 0) is 24.5 Å². The van der Waals surface area contributed by atoms with E-state index in [1.54, 1.807) is 18.3 Å². The van der Waals surface area contributed by atoms with Crippen molar-refractivity contribution >= 4 is 11.6 Å². The Hall–Kier alpha value is -2.28. The minimum Gasteiger partial charge on any atom is -0.322 e. The summed E-state index contributed by atoms with van der Waals surface area (Å²) in [4.78, 5) is 20.1. The van der Waals surface area contributed by atoms with E-state index < -0.39 is 6.04 Å². The molecule has 2 aromatic rings. The molecule has 106 valence electrons. The van der Waals surface area contributed by atoms with E-state index in [4.69, 9.17) is 5.73 Å². The highest BCUT2D eigenvalue weighted by Gasteiger charge is 2.17. The molecule has 0 radical (unpaired) electrons. The van der Waals surface area contributed by atoms with Crippen LogP contribution in [0.25, 0.3) is 5.82 Å². The predicted octanol–water partition coefficient (Wildman–Crippen LogP) is 0.974. The zero-order valence-corrected chi connectivity index (χ0v) is 11.5. The van der Waals surface area contributed by atoms with E-state index in [-0.39, 0.29) is 5.91 Å². The minimum atomic E-state index is -0.543. The van der Waals surface area contributed by atoms with Gasteiger partial charge in [0, 0.05) is 6.20 Å². The molecule has 7 nitrogen and oxygen atoms in total. The number of nitrogens with one attached hydrogen (secondary N) is 1. The Balaban J connectivity index is 2.16. The smallest absolute Gasteiger partial charge is 0.241 e. The summed E-state index contributed by atoms with van der Waals surface area (Å²) in [6, 6.07) is 2.95. The number of hydrogen-bond acceptors (Lipinski definition) is 5. The number of hydrogen-bond donors (Lipinski definition) is 2. The molecule has 20 heavy (non-hydrogen) atoms. The molecule has 7 heteroatoms. The van der Waals surface area contributed by atoms with Gasteiger partial charge in [-0.25, -0.2) is 14.6 Å². The first-order valence-corrected chi connectivity index (χ1v) is 6.44. The van der Waals surface area contributed by atoms with E-state index in [1.807, 2.05) is 13.8 Å². The second kappa shape index (κ2) is 6.25. The van der Waals surface area contributed by atoms with Crippen molar-refractivity contribution in [3.8, 4) is 5.82 Å². The fraction of sp³-hybridized carbons (Fsp3) is 0.385. The van der Waals surface area contributed by atoms with Gasteiger partial charge in [0.15, 0.2) is 5.82 Å². The number of amides is 1. The average molecular weight is 274 g/mol. The third-order valence-electron chi connectivity index (χ3n) is 2.74. The summed E-state index contributed by atoms with van der Waals surface area (Å²) in [5.74, 6) is 0.641. The van der Waals surface area contributed by atoms with Crippen LogP contribution in [-0.4, -0.2) is 31.7 Å². The molecule has 0 bridgehead atoms. The third kappa shape index (κ3) is 3.39. The van der Waals surface area contributed by atoms with Crippen LogP contribution in [0.3, 0.4) is 0 Å². The van der Waals surface area contributed by atoms with Crippen molar-refractivity contribution in [3.63, 3.8) is 0 Å². The van der Waals surface area contributed by atoms with Crippen LogP contribution < -0.4 is 11.1 Å². The number of carbonyl (C=O) groups excluding carboxylic acids is 1. The zero-order chi connectivity index (χ0) is 14.5. The standard InChI is InChI=1S/C13H18N6O/c1-9(2)6-10(14)13(20)18-11-4-3-5-16-12(11)19-8-15-7-17-19/h3-5,7-10H,6,14H2,1-2H3,(H,18,20)/t10-/m0/s1. The van der Waals surface area contributed by atoms with Crippen LogP contribution in [0.2, 0.25) is 0 Å². The molecule has 2 aromatic heterocycles. The molecule has 0 unspecified atom stereocenters. The molecule has 0 aliphatic heterocycles. The maximum Gasteiger partial charge on any atom is 0.241 e. The van der Waals surface area contributed by atoms with Crippen molar-refractivity contribution in [3.05, 3.63) is 31.0 Å². The molecule has 0 aliphatic rings. The third-order valence-corrected chi connectivity index (χ3v) is 2.74. The predicted molar refractivity (Wildman–Crippen MR) is 75.2 cm³/mol. The van der Waals surface area contributed by atoms with Crippen LogP contribution >= 0.6 is 0 Å². The van der Waals surface area contributed by atoms with Crippen LogP contribution in [0.5, 0.6) is 0 Å². The highest BCUT2D eigenvalue weighted by Crippen LogP contribution is 2.16. The average Bonchev–Trinajstić information content (AvgIpc) is 2.92. The Morgan fingerprint density at radius 3 is 2.95 bits per heavy atom. The maximum atomic E-state index is 12.1. The van der Waals surface area contributed by atoms with Crippen molar-refractivity contribution in [2.45, 2.75) is 26.3 Å². The first-order valence-electron chi connectivity index (χ1n) is 6.44. The van der Waals surface area contributed by atoms with Crippen molar-refractivity contribution < 1.29 is 4.79 Å². The molecule has 1 atom stereocenters. The highest BCUT2D eigenvalue weighted by molar-refractivity contribution is 5.95. The first kappa shape index (κ1) is 14.1. The number of anilines is 1. The molecular formula is C13H18N6O. The summed E-state index contributed by atoms with van der Waals surface area (Å²) in [6.45, 7) is 4.05. The molecule has 2 heterocycles. The number of pyridine rings is 1. The van der Waals surface area contributed by atoms with Gasteiger partial charge in [-0.1, -0.05) is 13.8 Å². The van der Waals surface area contributed by atoms with Gasteiger partial charge >= 0.3 is 0 Å². The zero-order valence-electron chi connectivity index (χ0n) is 11.5. The monoisotopic (exact) mass is 274 g/mol. The highest BCUT2D eigenvalue weighted by atomic mass is 16.2. The first-order chi connectivity index (χ1) is 9.58. The van der Waals surface area contributed by atoms with Crippen LogP contribution in [0.15, 0.2) is 31.0 Å². The number of rotatable bonds is 5. The summed E-state index contributed by atoms with van der Waals surface area (Å²) in [6.07, 6.45) is 5.18. The Bertz CT molecular complexity index is 566. The van der Waals surface area contributed by atoms with Crippen molar-refractivity contribution in [2.24, 2.45) is 11.7 Å². The molecule has 0 saturated heterocycles. The maximum absolute atomic E-state index is 12.1. The van der Waals surface area contributed by atoms with Gasteiger partial charge in [0.1, 0.15) is 12.7 Å². The van der Waals surface area contributed by atoms with Gasteiger partial charge in [-0.2, -0.15) is 5.10 Å². The minimum absolute atomic E-state index is 0.229. The van der Waals surface area contributed by atoms with E-state index in [2.05, 4.69) is 20.4 Å². The van der Waals surface area contributed by atoms with E-state index in [1.165, 1.54) is 17.3 Å². The Morgan fingerprint density at radius 1 is 1.50 bits per heavy atom. The van der Waals surface area contributed by atoms with Gasteiger partial charge in [0.25, 0.3) is 0 Å². The summed E-state index contributed by atoms with van der Waals surface area (Å²) < 4.78 is 1.49. The molecule has 2 rings (SSSR count). The quantitative estimate of drug-likeness (QED) is 0.846. The largest absolute Gasteiger partial charge is 0.322 e. The van der Waals surface area contributed by atoms with E-state index in [0.29, 0.717) is 23.8 Å². The summed E-state index contributed by atoms with van der Waals surface area (Å²) in [5, 5.41) is 6.80. The second-order valence-corrected chi connectivity index (χ2v) is 4.94. The normalized spacial score (nSPS) is 12.4. The van der Waals surface area contributed by atoms with E-state index in [9.17, 15) is 4.79 Å². The van der Waals surface area contributed by atoms with Gasteiger partial charge < -0.3 is 11.1 Å². The van der Waals surface area contributed by atoms with Gasteiger partial charge in [0.05, 0.1) is 11.7 Å². The molecular weight excluding hydrogens is 256 g/mol. The lowest BCUT2D eigenvalue weighted by molar-refractivity contribution is -0.117. The van der Waals surface area contributed by atoms with E-state index in [0.717, 1.165) is 0 Å². The lowest BCUT2D eigenvalue weighted by Gasteiger charge is -2.15. The number of carbonyl (C=O) groups is 1. The lowest BCUT2D eigenvalue weighted by atomic mass is 10.0. The molecule has 0 saturated carbocycles. The summed E-state index contributed by atoms with van der Waals surface area (Å²) in [5.41, 5.74) is 6.43. The van der Waals surface area contributed by atoms with Crippen molar-refractivity contribution in [1.82, 2.24) is 19.7 Å². The van der Waals surface area contributed by atoms with Crippen molar-refractivity contribution in [1.29, 1.82) is 0 Å². The van der Waals surface area contributed by atoms with Gasteiger partial charge in [-0.3, -0.25) is 4.79 Å². The number of nitrogens with two attached hydrogens (primary N) is 1. The summed E-state index contributed by atoms with van der Waals surface area (Å²) in [7, 11) is 0. The molecule has 3 N–H and O–H groups in total. The fourth-order valence-electron chi connectivity index (χ4n) is 1.84. The molecule has 0 aliphatic carbocycles. The SMILES string of the molecule is CC(C)C[C@H](N)C(=O)Nc1cccnc1-n1cncn1. The second-order valence-electron chi connectivity index (χ2n) is 4.94. The Morgan fingerprint density at radius 2 is 2.30 bits per heavy atom. The van der Waals surface area contributed by atoms with Crippen LogP contribution in [0.4, 0.5) is 5.69 Å². The van der Waals surface area contributed by atoms with Crippen LogP contribution in [0, 0.1) is 5.92 Å². The molecule has 1 amide bonds. The topological polar surface area (TPSA) is 98.7 Å². The molecule has 0 fully saturated rings. The van der Waals surface area contributed by atoms with Gasteiger partial charge in [0.2, 0.25) is 5.91 Å². The van der Waals surface area contributed by atoms with Crippen molar-refractivity contribution in [2.75, 3.05) is 5.32 Å². The van der Waals surface area contributed by atoms with Gasteiger partial charge in [-0.15, -0.1) is 0 Å². The van der Waals surface area contributed by atoms with Crippen LogP contribution in [-0.2, 0) is 4.79 Å². The number of nitrogens with zero attached hydrogens (tertiary/aromatic N) is 4. The van der Waals surface area contributed by atoms with E-state index >= 15 is 0 Å². The lowest BCUT2D eigenvalue weighted by Crippen LogP contribution is -2.37. The number of aromatic nitrogens is 4.